The van der Waals surface area contributed by atoms with Crippen LogP contribution in [0.5, 0.6) is 0 Å². The molecule has 0 aliphatic heterocycles. The van der Waals surface area contributed by atoms with Gasteiger partial charge in [0.1, 0.15) is 0 Å². The van der Waals surface area contributed by atoms with Gasteiger partial charge in [-0.3, -0.25) is 9.88 Å². The van der Waals surface area contributed by atoms with Gasteiger partial charge in [-0.25, -0.2) is 0 Å². The summed E-state index contributed by atoms with van der Waals surface area (Å²) in [5.74, 6) is 0. The van der Waals surface area contributed by atoms with E-state index in [1.807, 2.05) is 29.8 Å². The van der Waals surface area contributed by atoms with E-state index in [1.165, 1.54) is 20.9 Å². The van der Waals surface area contributed by atoms with E-state index in [1.54, 1.807) is 0 Å². The van der Waals surface area contributed by atoms with Crippen LogP contribution in [0.1, 0.15) is 20.9 Å². The van der Waals surface area contributed by atoms with Gasteiger partial charge in [-0.05, 0) is 51.2 Å². The van der Waals surface area contributed by atoms with Crippen molar-refractivity contribution >= 4 is 11.3 Å². The van der Waals surface area contributed by atoms with Crippen LogP contribution in [0.4, 0.5) is 0 Å². The third-order valence-corrected chi connectivity index (χ3v) is 4.54. The lowest BCUT2D eigenvalue weighted by Gasteiger charge is -2.24. The van der Waals surface area contributed by atoms with Crippen molar-refractivity contribution < 1.29 is 0 Å². The molecule has 0 atom stereocenters. The number of likely N-dealkylation sites (N-methyl/N-ethyl adjacent to an activating group) is 1. The minimum atomic E-state index is 0.954. The molecule has 2 rings (SSSR count). The Hall–Kier alpha value is -1.23. The Morgan fingerprint density at radius 2 is 1.95 bits per heavy atom. The Balaban J connectivity index is 2.06. The molecule has 0 unspecified atom stereocenters. The number of thiophene rings is 1. The van der Waals surface area contributed by atoms with Gasteiger partial charge in [-0.15, -0.1) is 11.3 Å². The Kier molecular flexibility index (Phi) is 5.91. The molecule has 0 aliphatic rings. The Morgan fingerprint density at radius 1 is 1.14 bits per heavy atom. The van der Waals surface area contributed by atoms with E-state index in [4.69, 9.17) is 0 Å². The zero-order valence-electron chi connectivity index (χ0n) is 13.5. The minimum Gasteiger partial charge on any atom is -0.308 e. The quantitative estimate of drug-likeness (QED) is 0.782. The summed E-state index contributed by atoms with van der Waals surface area (Å²) in [5, 5.41) is 0. The van der Waals surface area contributed by atoms with Crippen molar-refractivity contribution in [1.82, 2.24) is 14.8 Å². The van der Waals surface area contributed by atoms with Crippen LogP contribution in [0.25, 0.3) is 0 Å². The number of pyridine rings is 1. The molecule has 0 spiro atoms. The lowest BCUT2D eigenvalue weighted by molar-refractivity contribution is 0.226. The lowest BCUT2D eigenvalue weighted by Crippen LogP contribution is -2.31. The van der Waals surface area contributed by atoms with Gasteiger partial charge in [0.15, 0.2) is 0 Å². The first-order valence-corrected chi connectivity index (χ1v) is 8.18. The van der Waals surface area contributed by atoms with Crippen LogP contribution in [0, 0.1) is 13.8 Å². The standard InChI is InChI=1S/C17H25N3S/c1-14-10-17(15(2)21-14)13-20(9-8-19(3)4)12-16-6-5-7-18-11-16/h5-7,10-11H,8-9,12-13H2,1-4H3. The Bertz CT molecular complexity index is 548. The van der Waals surface area contributed by atoms with E-state index in [9.17, 15) is 0 Å². The van der Waals surface area contributed by atoms with Crippen molar-refractivity contribution in [3.8, 4) is 0 Å². The van der Waals surface area contributed by atoms with Crippen molar-refractivity contribution in [2.45, 2.75) is 26.9 Å². The number of hydrogen-bond acceptors (Lipinski definition) is 4. The molecule has 0 radical (unpaired) electrons. The third-order valence-electron chi connectivity index (χ3n) is 3.53. The van der Waals surface area contributed by atoms with Gasteiger partial charge in [0.25, 0.3) is 0 Å². The monoisotopic (exact) mass is 303 g/mol. The first-order chi connectivity index (χ1) is 10.0. The number of hydrogen-bond donors (Lipinski definition) is 0. The summed E-state index contributed by atoms with van der Waals surface area (Å²) < 4.78 is 0. The highest BCUT2D eigenvalue weighted by Crippen LogP contribution is 2.22. The van der Waals surface area contributed by atoms with Gasteiger partial charge in [0.05, 0.1) is 0 Å². The minimum absolute atomic E-state index is 0.954. The fourth-order valence-electron chi connectivity index (χ4n) is 2.39. The smallest absolute Gasteiger partial charge is 0.0312 e. The van der Waals surface area contributed by atoms with Crippen LogP contribution in [-0.2, 0) is 13.1 Å². The van der Waals surface area contributed by atoms with Crippen LogP contribution in [0.15, 0.2) is 30.6 Å². The molecule has 114 valence electrons. The summed E-state index contributed by atoms with van der Waals surface area (Å²) in [4.78, 5) is 11.8. The number of rotatable bonds is 7. The van der Waals surface area contributed by atoms with Gasteiger partial charge in [-0.1, -0.05) is 6.07 Å². The molecule has 2 aromatic heterocycles. The van der Waals surface area contributed by atoms with E-state index < -0.39 is 0 Å². The summed E-state index contributed by atoms with van der Waals surface area (Å²) >= 11 is 1.89. The van der Waals surface area contributed by atoms with E-state index in [0.29, 0.717) is 0 Å². The van der Waals surface area contributed by atoms with Crippen LogP contribution >= 0.6 is 11.3 Å². The highest BCUT2D eigenvalue weighted by molar-refractivity contribution is 7.12. The van der Waals surface area contributed by atoms with Gasteiger partial charge in [-0.2, -0.15) is 0 Å². The van der Waals surface area contributed by atoms with Crippen LogP contribution in [-0.4, -0.2) is 42.0 Å². The van der Waals surface area contributed by atoms with Gasteiger partial charge < -0.3 is 4.90 Å². The maximum atomic E-state index is 4.23. The van der Waals surface area contributed by atoms with E-state index in [-0.39, 0.29) is 0 Å². The van der Waals surface area contributed by atoms with Crippen LogP contribution in [0.3, 0.4) is 0 Å². The highest BCUT2D eigenvalue weighted by atomic mass is 32.1. The fraction of sp³-hybridized carbons (Fsp3) is 0.471. The van der Waals surface area contributed by atoms with Crippen LogP contribution in [0.2, 0.25) is 0 Å². The zero-order valence-corrected chi connectivity index (χ0v) is 14.3. The average Bonchev–Trinajstić information content (AvgIpc) is 2.75. The maximum absolute atomic E-state index is 4.23. The molecule has 2 heterocycles. The topological polar surface area (TPSA) is 19.4 Å². The SMILES string of the molecule is Cc1cc(CN(CCN(C)C)Cc2cccnc2)c(C)s1. The van der Waals surface area contributed by atoms with Crippen molar-refractivity contribution in [3.63, 3.8) is 0 Å². The molecule has 0 N–H and O–H groups in total. The second kappa shape index (κ2) is 7.69. The van der Waals surface area contributed by atoms with E-state index in [2.05, 4.69) is 54.9 Å². The molecule has 0 bridgehead atoms. The van der Waals surface area contributed by atoms with Crippen LogP contribution < -0.4 is 0 Å². The summed E-state index contributed by atoms with van der Waals surface area (Å²) in [5.41, 5.74) is 2.74. The number of aromatic nitrogens is 1. The summed E-state index contributed by atoms with van der Waals surface area (Å²) in [6, 6.07) is 6.49. The molecule has 2 aromatic rings. The fourth-order valence-corrected chi connectivity index (χ4v) is 3.33. The average molecular weight is 303 g/mol. The molecule has 21 heavy (non-hydrogen) atoms. The molecule has 0 aromatic carbocycles. The molecule has 0 saturated carbocycles. The summed E-state index contributed by atoms with van der Waals surface area (Å²) in [6.07, 6.45) is 3.80. The van der Waals surface area contributed by atoms with Crippen molar-refractivity contribution in [2.24, 2.45) is 0 Å². The first kappa shape index (κ1) is 16.1. The number of nitrogens with zero attached hydrogens (tertiary/aromatic N) is 3. The maximum Gasteiger partial charge on any atom is 0.0312 e. The van der Waals surface area contributed by atoms with Crippen molar-refractivity contribution in [3.05, 3.63) is 51.5 Å². The highest BCUT2D eigenvalue weighted by Gasteiger charge is 2.11. The molecule has 4 heteroatoms. The van der Waals surface area contributed by atoms with Gasteiger partial charge >= 0.3 is 0 Å². The van der Waals surface area contributed by atoms with E-state index >= 15 is 0 Å². The van der Waals surface area contributed by atoms with E-state index in [0.717, 1.165) is 26.2 Å². The number of aryl methyl sites for hydroxylation is 2. The largest absolute Gasteiger partial charge is 0.308 e. The normalized spacial score (nSPS) is 11.5. The molecular weight excluding hydrogens is 278 g/mol. The molecule has 0 saturated heterocycles. The molecule has 0 amide bonds. The predicted molar refractivity (Wildman–Crippen MR) is 90.7 cm³/mol. The van der Waals surface area contributed by atoms with Gasteiger partial charge in [0, 0.05) is 48.3 Å². The summed E-state index contributed by atoms with van der Waals surface area (Å²) in [7, 11) is 4.25. The van der Waals surface area contributed by atoms with Crippen molar-refractivity contribution in [1.29, 1.82) is 0 Å². The van der Waals surface area contributed by atoms with Crippen molar-refractivity contribution in [2.75, 3.05) is 27.2 Å². The molecule has 0 fully saturated rings. The Morgan fingerprint density at radius 3 is 2.52 bits per heavy atom. The predicted octanol–water partition coefficient (Wildman–Crippen LogP) is 3.32. The van der Waals surface area contributed by atoms with Gasteiger partial charge in [0.2, 0.25) is 0 Å². The lowest BCUT2D eigenvalue weighted by atomic mass is 10.2. The second-order valence-electron chi connectivity index (χ2n) is 5.81. The summed E-state index contributed by atoms with van der Waals surface area (Å²) in [6.45, 7) is 8.52. The Labute approximate surface area is 132 Å². The molecular formula is C17H25N3S. The second-order valence-corrected chi connectivity index (χ2v) is 7.27. The zero-order chi connectivity index (χ0) is 15.2. The molecule has 3 nitrogen and oxygen atoms in total. The third kappa shape index (κ3) is 5.23. The first-order valence-electron chi connectivity index (χ1n) is 7.36. The molecule has 0 aliphatic carbocycles.